The van der Waals surface area contributed by atoms with Gasteiger partial charge in [0.1, 0.15) is 11.5 Å². The number of aliphatic hydroxyl groups excluding tert-OH is 1. The van der Waals surface area contributed by atoms with Gasteiger partial charge in [-0.1, -0.05) is 36.4 Å². The van der Waals surface area contributed by atoms with Gasteiger partial charge in [0.15, 0.2) is 6.10 Å². The van der Waals surface area contributed by atoms with Gasteiger partial charge in [0.05, 0.1) is 6.04 Å². The van der Waals surface area contributed by atoms with E-state index in [0.717, 1.165) is 43.4 Å². The molecule has 0 aromatic heterocycles. The smallest absolute Gasteiger partial charge is 0.457 e. The molecular formula is C29H25F10NO2. The number of benzene rings is 3. The van der Waals surface area contributed by atoms with Crippen LogP contribution in [-0.4, -0.2) is 36.0 Å². The van der Waals surface area contributed by atoms with Crippen molar-refractivity contribution < 1.29 is 53.7 Å². The number of alkyl halides is 10. The molecule has 3 nitrogen and oxygen atoms in total. The molecule has 0 heterocycles. The SMILES string of the molecule is OC(CNC(c1cccc(Oc2ccc3c(c2)CCCC3)c1)c1cccc(C(F)(F)C(F)(F)C(F)(F)F)c1)C(F)(F)F. The summed E-state index contributed by atoms with van der Waals surface area (Å²) in [6.45, 7) is -1.15. The summed E-state index contributed by atoms with van der Waals surface area (Å²) in [5, 5.41) is 11.9. The maximum Gasteiger partial charge on any atom is 0.460 e. The van der Waals surface area contributed by atoms with E-state index < -0.39 is 48.5 Å². The molecule has 1 aliphatic rings. The average molecular weight is 610 g/mol. The van der Waals surface area contributed by atoms with Crippen LogP contribution in [0.3, 0.4) is 0 Å². The van der Waals surface area contributed by atoms with Gasteiger partial charge >= 0.3 is 24.2 Å². The fourth-order valence-corrected chi connectivity index (χ4v) is 4.71. The monoisotopic (exact) mass is 609 g/mol. The molecule has 0 saturated carbocycles. The number of nitrogens with one attached hydrogen (secondary N) is 1. The molecule has 0 amide bonds. The summed E-state index contributed by atoms with van der Waals surface area (Å²) in [5.41, 5.74) is 0.326. The number of aryl methyl sites for hydroxylation is 2. The first-order valence-electron chi connectivity index (χ1n) is 12.8. The molecule has 0 saturated heterocycles. The van der Waals surface area contributed by atoms with Crippen molar-refractivity contribution >= 4 is 0 Å². The average Bonchev–Trinajstić information content (AvgIpc) is 2.92. The highest BCUT2D eigenvalue weighted by atomic mass is 19.4. The van der Waals surface area contributed by atoms with Gasteiger partial charge in [0.2, 0.25) is 0 Å². The number of hydrogen-bond acceptors (Lipinski definition) is 3. The van der Waals surface area contributed by atoms with Gasteiger partial charge in [0, 0.05) is 12.1 Å². The Morgan fingerprint density at radius 2 is 1.31 bits per heavy atom. The maximum atomic E-state index is 14.5. The normalized spacial score (nSPS) is 16.1. The zero-order valence-electron chi connectivity index (χ0n) is 21.7. The lowest BCUT2D eigenvalue weighted by atomic mass is 9.92. The van der Waals surface area contributed by atoms with Crippen molar-refractivity contribution in [2.45, 2.75) is 62.0 Å². The first-order valence-corrected chi connectivity index (χ1v) is 12.8. The summed E-state index contributed by atoms with van der Waals surface area (Å²) >= 11 is 0. The first-order chi connectivity index (χ1) is 19.5. The second-order valence-electron chi connectivity index (χ2n) is 9.98. The Balaban J connectivity index is 1.70. The third-order valence-corrected chi connectivity index (χ3v) is 6.97. The Hall–Kier alpha value is -3.32. The van der Waals surface area contributed by atoms with Gasteiger partial charge in [-0.25, -0.2) is 0 Å². The van der Waals surface area contributed by atoms with E-state index in [0.29, 0.717) is 17.9 Å². The van der Waals surface area contributed by atoms with Gasteiger partial charge in [0.25, 0.3) is 0 Å². The van der Waals surface area contributed by atoms with Crippen molar-refractivity contribution in [1.29, 1.82) is 0 Å². The van der Waals surface area contributed by atoms with Gasteiger partial charge in [-0.15, -0.1) is 0 Å². The number of fused-ring (bicyclic) bond motifs is 1. The molecule has 1 aliphatic carbocycles. The van der Waals surface area contributed by atoms with Gasteiger partial charge < -0.3 is 15.2 Å². The highest BCUT2D eigenvalue weighted by Crippen LogP contribution is 2.52. The molecule has 2 atom stereocenters. The van der Waals surface area contributed by atoms with Crippen LogP contribution in [0.5, 0.6) is 11.5 Å². The highest BCUT2D eigenvalue weighted by molar-refractivity contribution is 5.43. The number of rotatable bonds is 9. The van der Waals surface area contributed by atoms with Crippen molar-refractivity contribution in [2.75, 3.05) is 6.54 Å². The number of ether oxygens (including phenoxy) is 1. The van der Waals surface area contributed by atoms with Crippen molar-refractivity contribution in [3.05, 3.63) is 94.5 Å². The molecular weight excluding hydrogens is 584 g/mol. The van der Waals surface area contributed by atoms with Crippen LogP contribution < -0.4 is 10.1 Å². The van der Waals surface area contributed by atoms with Crippen LogP contribution in [0.1, 0.15) is 46.7 Å². The summed E-state index contributed by atoms with van der Waals surface area (Å²) < 4.78 is 140. The van der Waals surface area contributed by atoms with E-state index in [-0.39, 0.29) is 16.9 Å². The zero-order valence-corrected chi connectivity index (χ0v) is 21.7. The Morgan fingerprint density at radius 3 is 1.95 bits per heavy atom. The van der Waals surface area contributed by atoms with Crippen LogP contribution in [0.25, 0.3) is 0 Å². The molecule has 3 aromatic rings. The minimum atomic E-state index is -6.58. The van der Waals surface area contributed by atoms with Crippen LogP contribution in [0.15, 0.2) is 66.7 Å². The van der Waals surface area contributed by atoms with Crippen molar-refractivity contribution in [3.8, 4) is 11.5 Å². The first kappa shape index (κ1) is 31.6. The summed E-state index contributed by atoms with van der Waals surface area (Å²) in [6.07, 6.45) is -10.7. The second-order valence-corrected chi connectivity index (χ2v) is 9.98. The van der Waals surface area contributed by atoms with Crippen molar-refractivity contribution in [1.82, 2.24) is 5.32 Å². The number of halogens is 10. The highest BCUT2D eigenvalue weighted by Gasteiger charge is 2.73. The minimum absolute atomic E-state index is 0.0999. The summed E-state index contributed by atoms with van der Waals surface area (Å²) in [7, 11) is 0. The van der Waals surface area contributed by atoms with Gasteiger partial charge in [-0.2, -0.15) is 43.9 Å². The quantitative estimate of drug-likeness (QED) is 0.240. The molecule has 0 bridgehead atoms. The molecule has 42 heavy (non-hydrogen) atoms. The topological polar surface area (TPSA) is 41.5 Å². The fraction of sp³-hybridized carbons (Fsp3) is 0.379. The van der Waals surface area contributed by atoms with E-state index in [2.05, 4.69) is 5.32 Å². The van der Waals surface area contributed by atoms with Gasteiger partial charge in [-0.05, 0) is 78.3 Å². The molecule has 13 heteroatoms. The van der Waals surface area contributed by atoms with E-state index in [1.165, 1.54) is 29.8 Å². The van der Waals surface area contributed by atoms with E-state index >= 15 is 0 Å². The Kier molecular flexibility index (Phi) is 8.85. The molecule has 0 fully saturated rings. The molecule has 2 N–H and O–H groups in total. The number of hydrogen-bond donors (Lipinski definition) is 2. The lowest BCUT2D eigenvalue weighted by molar-refractivity contribution is -0.359. The van der Waals surface area contributed by atoms with Crippen LogP contribution in [0.4, 0.5) is 43.9 Å². The van der Waals surface area contributed by atoms with Gasteiger partial charge in [-0.3, -0.25) is 0 Å². The largest absolute Gasteiger partial charge is 0.460 e. The molecule has 3 aromatic carbocycles. The third kappa shape index (κ3) is 6.67. The Bertz CT molecular complexity index is 1390. The van der Waals surface area contributed by atoms with Crippen molar-refractivity contribution in [3.63, 3.8) is 0 Å². The van der Waals surface area contributed by atoms with Crippen molar-refractivity contribution in [2.24, 2.45) is 0 Å². The molecule has 4 rings (SSSR count). The van der Waals surface area contributed by atoms with Crippen LogP contribution in [-0.2, 0) is 18.8 Å². The van der Waals surface area contributed by atoms with E-state index in [9.17, 15) is 49.0 Å². The Labute approximate surface area is 234 Å². The van der Waals surface area contributed by atoms with E-state index in [1.807, 2.05) is 12.1 Å². The molecule has 2 unspecified atom stereocenters. The maximum absolute atomic E-state index is 14.5. The predicted octanol–water partition coefficient (Wildman–Crippen LogP) is 8.25. The lowest BCUT2D eigenvalue weighted by Crippen LogP contribution is -2.50. The fourth-order valence-electron chi connectivity index (χ4n) is 4.71. The summed E-state index contributed by atoms with van der Waals surface area (Å²) in [4.78, 5) is 0. The van der Waals surface area contributed by atoms with Crippen LogP contribution >= 0.6 is 0 Å². The minimum Gasteiger partial charge on any atom is -0.457 e. The molecule has 0 aliphatic heterocycles. The summed E-state index contributed by atoms with van der Waals surface area (Å²) in [6, 6.07) is 12.3. The molecule has 0 spiro atoms. The Morgan fingerprint density at radius 1 is 0.714 bits per heavy atom. The zero-order chi connectivity index (χ0) is 30.9. The third-order valence-electron chi connectivity index (χ3n) is 6.97. The molecule has 0 radical (unpaired) electrons. The van der Waals surface area contributed by atoms with Crippen LogP contribution in [0, 0.1) is 0 Å². The number of aliphatic hydroxyl groups is 1. The predicted molar refractivity (Wildman–Crippen MR) is 133 cm³/mol. The van der Waals surface area contributed by atoms with E-state index in [4.69, 9.17) is 4.74 Å². The standard InChI is InChI=1S/C29H25F10NO2/c30-26(31,28(35,36)29(37,38)39)21-9-3-7-19(13-21)25(40-16-24(41)27(32,33)34)20-8-4-10-22(15-20)42-23-12-11-17-5-1-2-6-18(17)14-23/h3-4,7-15,24-25,40-41H,1-2,5-6,16H2. The van der Waals surface area contributed by atoms with Crippen LogP contribution in [0.2, 0.25) is 0 Å². The summed E-state index contributed by atoms with van der Waals surface area (Å²) in [5.74, 6) is -11.5. The lowest BCUT2D eigenvalue weighted by Gasteiger charge is -2.29. The molecule has 228 valence electrons. The van der Waals surface area contributed by atoms with E-state index in [1.54, 1.807) is 6.07 Å². The second kappa shape index (κ2) is 11.8.